The van der Waals surface area contributed by atoms with Gasteiger partial charge in [-0.1, -0.05) is 12.1 Å². The van der Waals surface area contributed by atoms with Gasteiger partial charge in [0.1, 0.15) is 0 Å². The molecule has 1 heterocycles. The molecule has 0 saturated carbocycles. The van der Waals surface area contributed by atoms with Crippen LogP contribution in [0.25, 0.3) is 11.0 Å². The van der Waals surface area contributed by atoms with Crippen LogP contribution in [0.15, 0.2) is 29.4 Å². The number of rotatable bonds is 2. The molecule has 1 aromatic carbocycles. The van der Waals surface area contributed by atoms with Crippen molar-refractivity contribution in [2.24, 2.45) is 5.90 Å². The van der Waals surface area contributed by atoms with E-state index in [-0.39, 0.29) is 5.16 Å². The molecule has 0 radical (unpaired) electrons. The summed E-state index contributed by atoms with van der Waals surface area (Å²) < 4.78 is 26.1. The van der Waals surface area contributed by atoms with E-state index in [2.05, 4.69) is 20.1 Å². The van der Waals surface area contributed by atoms with E-state index in [9.17, 15) is 8.42 Å². The maximum absolute atomic E-state index is 11.1. The second-order valence-corrected chi connectivity index (χ2v) is 4.10. The van der Waals surface area contributed by atoms with Crippen LogP contribution >= 0.6 is 0 Å². The molecule has 0 atom stereocenters. The maximum atomic E-state index is 11.1. The van der Waals surface area contributed by atoms with E-state index in [0.717, 1.165) is 0 Å². The minimum Gasteiger partial charge on any atom is -0.327 e. The van der Waals surface area contributed by atoms with Crippen LogP contribution in [0.3, 0.4) is 0 Å². The number of nitrogens with one attached hydrogen (secondary N) is 1. The number of hydrogen-bond acceptors (Lipinski definition) is 5. The van der Waals surface area contributed by atoms with Crippen LogP contribution in [-0.2, 0) is 14.4 Å². The molecule has 0 aliphatic carbocycles. The molecule has 7 heteroatoms. The Hall–Kier alpha value is -1.44. The Morgan fingerprint density at radius 2 is 2.07 bits per heavy atom. The van der Waals surface area contributed by atoms with Gasteiger partial charge in [-0.2, -0.15) is 18.6 Å². The average molecular weight is 213 g/mol. The largest absolute Gasteiger partial charge is 0.346 e. The number of hydrogen-bond donors (Lipinski definition) is 2. The summed E-state index contributed by atoms with van der Waals surface area (Å²) in [7, 11) is -3.95. The lowest BCUT2D eigenvalue weighted by Crippen LogP contribution is -2.12. The van der Waals surface area contributed by atoms with Crippen LogP contribution in [0.4, 0.5) is 0 Å². The zero-order valence-corrected chi connectivity index (χ0v) is 7.78. The highest BCUT2D eigenvalue weighted by molar-refractivity contribution is 7.86. The zero-order valence-electron chi connectivity index (χ0n) is 6.97. The predicted octanol–water partition coefficient (Wildman–Crippen LogP) is 0.142. The van der Waals surface area contributed by atoms with Crippen LogP contribution in [0.5, 0.6) is 0 Å². The van der Waals surface area contributed by atoms with Crippen molar-refractivity contribution < 1.29 is 12.7 Å². The zero-order chi connectivity index (χ0) is 10.2. The highest BCUT2D eigenvalue weighted by Crippen LogP contribution is 2.14. The second-order valence-electron chi connectivity index (χ2n) is 2.61. The number of nitrogens with zero attached hydrogens (tertiary/aromatic N) is 1. The third kappa shape index (κ3) is 1.37. The molecule has 14 heavy (non-hydrogen) atoms. The molecule has 0 aliphatic heterocycles. The fourth-order valence-electron chi connectivity index (χ4n) is 1.09. The summed E-state index contributed by atoms with van der Waals surface area (Å²) in [6.45, 7) is 0. The molecule has 3 N–H and O–H groups in total. The van der Waals surface area contributed by atoms with Gasteiger partial charge in [-0.3, -0.25) is 0 Å². The molecule has 2 rings (SSSR count). The molecular formula is C7H7N3O3S. The minimum atomic E-state index is -3.95. The van der Waals surface area contributed by atoms with Gasteiger partial charge in [0.25, 0.3) is 5.16 Å². The van der Waals surface area contributed by atoms with Crippen molar-refractivity contribution in [3.8, 4) is 0 Å². The summed E-state index contributed by atoms with van der Waals surface area (Å²) in [4.78, 5) is 6.39. The maximum Gasteiger partial charge on any atom is 0.346 e. The molecule has 0 spiro atoms. The van der Waals surface area contributed by atoms with Crippen LogP contribution in [0.2, 0.25) is 0 Å². The number of aromatic nitrogens is 2. The molecular weight excluding hydrogens is 206 g/mol. The second kappa shape index (κ2) is 3.05. The number of benzene rings is 1. The molecule has 0 unspecified atom stereocenters. The standard InChI is InChI=1S/C7H7N3O3S/c8-13-14(11,12)7-9-5-3-1-2-4-6(5)10-7/h1-4H,8H2,(H,9,10). The SMILES string of the molecule is NOS(=O)(=O)c1nc2ccccc2[nH]1. The molecule has 6 nitrogen and oxygen atoms in total. The number of imidazole rings is 1. The summed E-state index contributed by atoms with van der Waals surface area (Å²) in [5.41, 5.74) is 1.16. The lowest BCUT2D eigenvalue weighted by molar-refractivity contribution is 0.329. The third-order valence-electron chi connectivity index (χ3n) is 1.73. The first-order chi connectivity index (χ1) is 6.63. The molecule has 0 bridgehead atoms. The van der Waals surface area contributed by atoms with Gasteiger partial charge in [-0.15, -0.1) is 0 Å². The van der Waals surface area contributed by atoms with Crippen molar-refractivity contribution in [3.05, 3.63) is 24.3 Å². The van der Waals surface area contributed by atoms with E-state index in [1.807, 2.05) is 0 Å². The van der Waals surface area contributed by atoms with Gasteiger partial charge >= 0.3 is 10.1 Å². The molecule has 0 aliphatic rings. The lowest BCUT2D eigenvalue weighted by atomic mass is 10.3. The van der Waals surface area contributed by atoms with Gasteiger partial charge in [0.15, 0.2) is 0 Å². The lowest BCUT2D eigenvalue weighted by Gasteiger charge is -1.92. The highest BCUT2D eigenvalue weighted by Gasteiger charge is 2.18. The van der Waals surface area contributed by atoms with Crippen molar-refractivity contribution in [1.29, 1.82) is 0 Å². The predicted molar refractivity (Wildman–Crippen MR) is 48.6 cm³/mol. The quantitative estimate of drug-likeness (QED) is 0.691. The first-order valence-electron chi connectivity index (χ1n) is 3.71. The van der Waals surface area contributed by atoms with E-state index in [1.54, 1.807) is 24.3 Å². The van der Waals surface area contributed by atoms with E-state index in [4.69, 9.17) is 0 Å². The number of para-hydroxylation sites is 2. The summed E-state index contributed by atoms with van der Waals surface area (Å²) in [6, 6.07) is 6.91. The Bertz CT molecular complexity index is 527. The van der Waals surface area contributed by atoms with Gasteiger partial charge in [0.2, 0.25) is 0 Å². The van der Waals surface area contributed by atoms with Crippen LogP contribution in [0, 0.1) is 0 Å². The van der Waals surface area contributed by atoms with E-state index >= 15 is 0 Å². The summed E-state index contributed by atoms with van der Waals surface area (Å²) in [5.74, 6) is 4.61. The highest BCUT2D eigenvalue weighted by atomic mass is 32.2. The Morgan fingerprint density at radius 1 is 1.36 bits per heavy atom. The van der Waals surface area contributed by atoms with Gasteiger partial charge in [-0.05, 0) is 12.1 Å². The van der Waals surface area contributed by atoms with Crippen LogP contribution in [-0.4, -0.2) is 18.4 Å². The average Bonchev–Trinajstić information content (AvgIpc) is 2.61. The Labute approximate surface area is 79.8 Å². The fourth-order valence-corrected chi connectivity index (χ4v) is 1.63. The van der Waals surface area contributed by atoms with Gasteiger partial charge in [0.05, 0.1) is 11.0 Å². The molecule has 0 fully saturated rings. The van der Waals surface area contributed by atoms with E-state index < -0.39 is 10.1 Å². The van der Waals surface area contributed by atoms with Crippen LogP contribution in [0.1, 0.15) is 0 Å². The number of aromatic amines is 1. The fraction of sp³-hybridized carbons (Fsp3) is 0. The molecule has 0 amide bonds. The van der Waals surface area contributed by atoms with Gasteiger partial charge in [0, 0.05) is 0 Å². The van der Waals surface area contributed by atoms with Crippen molar-refractivity contribution in [1.82, 2.24) is 9.97 Å². The summed E-state index contributed by atoms with van der Waals surface area (Å²) >= 11 is 0. The minimum absolute atomic E-state index is 0.291. The number of nitrogens with two attached hydrogens (primary N) is 1. The molecule has 2 aromatic rings. The van der Waals surface area contributed by atoms with Gasteiger partial charge < -0.3 is 4.98 Å². The topological polar surface area (TPSA) is 98.1 Å². The van der Waals surface area contributed by atoms with Crippen molar-refractivity contribution >= 4 is 21.2 Å². The van der Waals surface area contributed by atoms with Crippen molar-refractivity contribution in [2.75, 3.05) is 0 Å². The Kier molecular flexibility index (Phi) is 1.99. The first kappa shape index (κ1) is 9.13. The number of fused-ring (bicyclic) bond motifs is 1. The Balaban J connectivity index is 2.67. The van der Waals surface area contributed by atoms with Gasteiger partial charge in [-0.25, -0.2) is 4.98 Å². The molecule has 0 saturated heterocycles. The Morgan fingerprint density at radius 3 is 2.71 bits per heavy atom. The normalized spacial score (nSPS) is 12.1. The van der Waals surface area contributed by atoms with Crippen molar-refractivity contribution in [3.63, 3.8) is 0 Å². The van der Waals surface area contributed by atoms with Crippen molar-refractivity contribution in [2.45, 2.75) is 5.16 Å². The van der Waals surface area contributed by atoms with E-state index in [1.165, 1.54) is 0 Å². The first-order valence-corrected chi connectivity index (χ1v) is 5.12. The smallest absolute Gasteiger partial charge is 0.327 e. The monoisotopic (exact) mass is 213 g/mol. The summed E-state index contributed by atoms with van der Waals surface area (Å²) in [6.07, 6.45) is 0. The van der Waals surface area contributed by atoms with E-state index in [0.29, 0.717) is 11.0 Å². The number of H-pyrrole nitrogens is 1. The van der Waals surface area contributed by atoms with Crippen LogP contribution < -0.4 is 5.90 Å². The molecule has 1 aromatic heterocycles. The third-order valence-corrected chi connectivity index (χ3v) is 2.65. The molecule has 74 valence electrons. The summed E-state index contributed by atoms with van der Waals surface area (Å²) in [5, 5.41) is -0.291.